The topological polar surface area (TPSA) is 72.6 Å². The highest BCUT2D eigenvalue weighted by Crippen LogP contribution is 3.02. The number of hydrogen-bond acceptors (Lipinski definition) is 5. The summed E-state index contributed by atoms with van der Waals surface area (Å²) in [5.74, 6) is -0.465. The largest absolute Gasteiger partial charge is 0.368 e. The number of halogens is 5. The zero-order valence-electron chi connectivity index (χ0n) is 15.5. The number of hydrogen-bond donors (Lipinski definition) is 0. The first-order chi connectivity index (χ1) is 13.8. The van der Waals surface area contributed by atoms with Crippen molar-refractivity contribution < 1.29 is 29.0 Å². The molecule has 7 nitrogen and oxygen atoms in total. The maximum absolute atomic E-state index is 13.1. The minimum absolute atomic E-state index is 0.00210. The molecule has 0 N–H and O–H groups in total. The van der Waals surface area contributed by atoms with Crippen molar-refractivity contribution in [2.75, 3.05) is 19.7 Å². The Balaban J connectivity index is 1.63. The lowest BCUT2D eigenvalue weighted by molar-refractivity contribution is -0.0257. The van der Waals surface area contributed by atoms with E-state index in [1.807, 2.05) is 0 Å². The van der Waals surface area contributed by atoms with Crippen LogP contribution in [-0.2, 0) is 4.74 Å². The van der Waals surface area contributed by atoms with E-state index in [-0.39, 0.29) is 31.8 Å². The first-order valence-electron chi connectivity index (χ1n) is 8.74. The first kappa shape index (κ1) is 20.5. The van der Waals surface area contributed by atoms with E-state index >= 15 is 0 Å². The summed E-state index contributed by atoms with van der Waals surface area (Å²) in [6.45, 7) is 1.95. The highest BCUT2D eigenvalue weighted by molar-refractivity contribution is 8.45. The Morgan fingerprint density at radius 3 is 2.70 bits per heavy atom. The third-order valence-corrected chi connectivity index (χ3v) is 5.76. The van der Waals surface area contributed by atoms with E-state index in [9.17, 15) is 24.2 Å². The molecular weight excluding hydrogens is 433 g/mol. The quantitative estimate of drug-likeness (QED) is 0.558. The summed E-state index contributed by atoms with van der Waals surface area (Å²) in [5.41, 5.74) is 0.729. The molecule has 13 heteroatoms. The van der Waals surface area contributed by atoms with Crippen molar-refractivity contribution in [2.45, 2.75) is 17.9 Å². The molecular formula is C17H16F5N5O2S. The number of morpholine rings is 1. The van der Waals surface area contributed by atoms with Gasteiger partial charge in [0.15, 0.2) is 0 Å². The maximum atomic E-state index is 13.1. The molecule has 30 heavy (non-hydrogen) atoms. The van der Waals surface area contributed by atoms with Crippen molar-refractivity contribution in [1.29, 1.82) is 0 Å². The van der Waals surface area contributed by atoms with E-state index in [0.717, 1.165) is 12.1 Å². The molecule has 1 aromatic carbocycles. The Hall–Kier alpha value is -2.80. The summed E-state index contributed by atoms with van der Waals surface area (Å²) in [4.78, 5) is 20.2. The molecule has 1 unspecified atom stereocenters. The predicted octanol–water partition coefficient (Wildman–Crippen LogP) is 4.30. The van der Waals surface area contributed by atoms with Gasteiger partial charge in [-0.15, -0.1) is 0 Å². The highest BCUT2D eigenvalue weighted by Gasteiger charge is 2.65. The van der Waals surface area contributed by atoms with Crippen LogP contribution in [0.1, 0.15) is 27.8 Å². The van der Waals surface area contributed by atoms with E-state index < -0.39 is 32.7 Å². The number of aryl methyl sites for hydroxylation is 1. The zero-order chi connectivity index (χ0) is 21.8. The van der Waals surface area contributed by atoms with Gasteiger partial charge in [0.05, 0.1) is 18.8 Å². The number of rotatable bonds is 3. The summed E-state index contributed by atoms with van der Waals surface area (Å²) in [5, 5.41) is 4.07. The predicted molar refractivity (Wildman–Crippen MR) is 98.0 cm³/mol. The van der Waals surface area contributed by atoms with Crippen LogP contribution in [0.15, 0.2) is 41.6 Å². The third-order valence-electron chi connectivity index (χ3n) is 4.62. The molecule has 1 aliphatic heterocycles. The molecule has 1 fully saturated rings. The molecule has 0 aliphatic carbocycles. The summed E-state index contributed by atoms with van der Waals surface area (Å²) < 4.78 is 72.7. The van der Waals surface area contributed by atoms with Gasteiger partial charge in [-0.05, 0) is 31.2 Å². The van der Waals surface area contributed by atoms with E-state index in [4.69, 9.17) is 4.74 Å². The second-order valence-corrected chi connectivity index (χ2v) is 9.31. The Morgan fingerprint density at radius 2 is 1.97 bits per heavy atom. The first-order valence-corrected chi connectivity index (χ1v) is 10.7. The van der Waals surface area contributed by atoms with Gasteiger partial charge in [-0.1, -0.05) is 25.5 Å². The molecule has 2 aromatic heterocycles. The number of amides is 1. The monoisotopic (exact) mass is 449 g/mol. The molecule has 0 radical (unpaired) electrons. The van der Waals surface area contributed by atoms with Crippen molar-refractivity contribution in [3.8, 4) is 0 Å². The lowest BCUT2D eigenvalue weighted by atomic mass is 10.1. The third kappa shape index (κ3) is 3.94. The molecule has 3 heterocycles. The van der Waals surface area contributed by atoms with Crippen molar-refractivity contribution in [3.63, 3.8) is 0 Å². The van der Waals surface area contributed by atoms with Crippen LogP contribution in [0.4, 0.5) is 19.4 Å². The SMILES string of the molecule is Cc1cc(C2CN(C(=O)c3cccc(S(F)(F)(F)(F)F)c3)CCO2)n2ncnc2n1. The van der Waals surface area contributed by atoms with Crippen LogP contribution in [-0.4, -0.2) is 50.1 Å². The van der Waals surface area contributed by atoms with Gasteiger partial charge in [-0.25, -0.2) is 4.98 Å². The van der Waals surface area contributed by atoms with E-state index in [0.29, 0.717) is 17.2 Å². The van der Waals surface area contributed by atoms with Crippen molar-refractivity contribution >= 4 is 21.9 Å². The minimum atomic E-state index is -9.89. The highest BCUT2D eigenvalue weighted by atomic mass is 32.5. The molecule has 0 saturated carbocycles. The number of benzene rings is 1. The van der Waals surface area contributed by atoms with Gasteiger partial charge in [-0.2, -0.15) is 14.6 Å². The van der Waals surface area contributed by atoms with E-state index in [1.165, 1.54) is 15.7 Å². The van der Waals surface area contributed by atoms with Crippen molar-refractivity contribution in [3.05, 3.63) is 53.6 Å². The summed E-state index contributed by atoms with van der Waals surface area (Å²) in [7, 11) is -9.89. The summed E-state index contributed by atoms with van der Waals surface area (Å²) >= 11 is 0. The van der Waals surface area contributed by atoms with Crippen LogP contribution in [0.25, 0.3) is 5.78 Å². The van der Waals surface area contributed by atoms with Crippen molar-refractivity contribution in [2.24, 2.45) is 0 Å². The number of nitrogens with zero attached hydrogens (tertiary/aromatic N) is 5. The van der Waals surface area contributed by atoms with E-state index in [2.05, 4.69) is 15.1 Å². The fraction of sp³-hybridized carbons (Fsp3) is 0.294. The van der Waals surface area contributed by atoms with Crippen LogP contribution in [0.2, 0.25) is 0 Å². The lowest BCUT2D eigenvalue weighted by Crippen LogP contribution is -2.42. The van der Waals surface area contributed by atoms with Gasteiger partial charge >= 0.3 is 10.2 Å². The normalized spacial score (nSPS) is 20.1. The standard InChI is InChI=1S/C17H16F5N5O2S/c1-11-7-14(27-17(25-11)23-10-24-27)15-9-26(5-6-29-15)16(28)12-3-2-4-13(8-12)30(18,19,20,21)22/h2-4,7-8,10,15H,5-6,9H2,1H3. The fourth-order valence-electron chi connectivity index (χ4n) is 3.25. The second kappa shape index (κ2) is 6.11. The van der Waals surface area contributed by atoms with Crippen molar-refractivity contribution in [1.82, 2.24) is 24.5 Å². The van der Waals surface area contributed by atoms with Gasteiger partial charge in [0.25, 0.3) is 11.7 Å². The average Bonchev–Trinajstić information content (AvgIpc) is 3.13. The van der Waals surface area contributed by atoms with Gasteiger partial charge in [0, 0.05) is 17.8 Å². The molecule has 0 spiro atoms. The molecule has 1 amide bonds. The van der Waals surface area contributed by atoms with Crippen LogP contribution in [0, 0.1) is 6.92 Å². The number of carbonyl (C=O) groups excluding carboxylic acids is 1. The number of ether oxygens (including phenoxy) is 1. The number of aromatic nitrogens is 4. The molecule has 3 aromatic rings. The number of fused-ring (bicyclic) bond motifs is 1. The molecule has 162 valence electrons. The zero-order valence-corrected chi connectivity index (χ0v) is 16.3. The van der Waals surface area contributed by atoms with Gasteiger partial charge in [0.2, 0.25) is 0 Å². The Labute approximate surface area is 167 Å². The lowest BCUT2D eigenvalue weighted by Gasteiger charge is -2.40. The molecule has 1 aliphatic rings. The van der Waals surface area contributed by atoms with Gasteiger partial charge in [0.1, 0.15) is 17.3 Å². The Kier molecular flexibility index (Phi) is 4.17. The van der Waals surface area contributed by atoms with Gasteiger partial charge in [-0.3, -0.25) is 4.79 Å². The summed E-state index contributed by atoms with van der Waals surface area (Å²) in [6, 6.07) is 4.03. The minimum Gasteiger partial charge on any atom is -0.368 e. The molecule has 4 rings (SSSR count). The van der Waals surface area contributed by atoms with Crippen LogP contribution in [0.3, 0.4) is 0 Å². The Morgan fingerprint density at radius 1 is 1.20 bits per heavy atom. The van der Waals surface area contributed by atoms with Crippen LogP contribution >= 0.6 is 10.2 Å². The van der Waals surface area contributed by atoms with Crippen LogP contribution < -0.4 is 0 Å². The average molecular weight is 449 g/mol. The second-order valence-electron chi connectivity index (χ2n) is 6.90. The Bertz CT molecular complexity index is 1150. The molecule has 1 atom stereocenters. The van der Waals surface area contributed by atoms with E-state index in [1.54, 1.807) is 13.0 Å². The molecule has 0 bridgehead atoms. The maximum Gasteiger partial charge on any atom is 0.310 e. The molecule has 1 saturated heterocycles. The van der Waals surface area contributed by atoms with Crippen LogP contribution in [0.5, 0.6) is 0 Å². The fourth-order valence-corrected chi connectivity index (χ4v) is 3.94. The number of carbonyl (C=O) groups is 1. The smallest absolute Gasteiger partial charge is 0.310 e. The summed E-state index contributed by atoms with van der Waals surface area (Å²) in [6.07, 6.45) is 0.662. The van der Waals surface area contributed by atoms with Gasteiger partial charge < -0.3 is 9.64 Å².